The molecule has 2 aromatic rings. The summed E-state index contributed by atoms with van der Waals surface area (Å²) in [6, 6.07) is 5.02. The smallest absolute Gasteiger partial charge is 0.340 e. The van der Waals surface area contributed by atoms with E-state index in [9.17, 15) is 26.7 Å². The first-order chi connectivity index (χ1) is 12.1. The number of fused-ring (bicyclic) bond motifs is 1. The highest BCUT2D eigenvalue weighted by Gasteiger charge is 2.34. The van der Waals surface area contributed by atoms with Crippen LogP contribution < -0.4 is 5.32 Å². The molecule has 142 valence electrons. The van der Waals surface area contributed by atoms with E-state index in [4.69, 9.17) is 0 Å². The minimum Gasteiger partial charge on any atom is -0.340 e. The number of aromatic nitrogens is 2. The van der Waals surface area contributed by atoms with Gasteiger partial charge in [-0.3, -0.25) is 14.1 Å². The maximum absolute atomic E-state index is 13.3. The van der Waals surface area contributed by atoms with Gasteiger partial charge in [-0.15, -0.1) is 0 Å². The third-order valence-electron chi connectivity index (χ3n) is 4.24. The molecule has 1 N–H and O–H groups in total. The fraction of sp³-hybridized carbons (Fsp3) is 0.500. The summed E-state index contributed by atoms with van der Waals surface area (Å²) in [6.45, 7) is -0.830. The minimum absolute atomic E-state index is 0.165. The minimum atomic E-state index is -4.52. The summed E-state index contributed by atoms with van der Waals surface area (Å²) >= 11 is 0. The predicted octanol–water partition coefficient (Wildman–Crippen LogP) is 2.86. The van der Waals surface area contributed by atoms with E-state index in [1.165, 1.54) is 10.6 Å². The van der Waals surface area contributed by atoms with Crippen LogP contribution in [0.2, 0.25) is 0 Å². The Kier molecular flexibility index (Phi) is 4.87. The van der Waals surface area contributed by atoms with Gasteiger partial charge in [0, 0.05) is 38.7 Å². The Morgan fingerprint density at radius 1 is 1.23 bits per heavy atom. The van der Waals surface area contributed by atoms with Crippen LogP contribution in [-0.4, -0.2) is 51.9 Å². The van der Waals surface area contributed by atoms with Gasteiger partial charge in [-0.1, -0.05) is 6.07 Å². The number of carbonyl (C=O) groups excluding carboxylic acids is 1. The van der Waals surface area contributed by atoms with E-state index in [-0.39, 0.29) is 38.3 Å². The van der Waals surface area contributed by atoms with Crippen molar-refractivity contribution < 1.29 is 26.7 Å². The summed E-state index contributed by atoms with van der Waals surface area (Å²) < 4.78 is 64.9. The van der Waals surface area contributed by atoms with Gasteiger partial charge < -0.3 is 5.32 Å². The number of likely N-dealkylation sites (tertiary alicyclic amines) is 1. The topological polar surface area (TPSA) is 49.6 Å². The highest BCUT2D eigenvalue weighted by molar-refractivity contribution is 5.92. The second kappa shape index (κ2) is 6.82. The molecule has 5 nitrogen and oxygen atoms in total. The maximum atomic E-state index is 13.3. The number of rotatable bonds is 4. The maximum Gasteiger partial charge on any atom is 0.405 e. The van der Waals surface area contributed by atoms with Crippen molar-refractivity contribution in [2.45, 2.75) is 31.5 Å². The van der Waals surface area contributed by atoms with Gasteiger partial charge in [0.05, 0.1) is 11.2 Å². The third kappa shape index (κ3) is 4.29. The third-order valence-corrected chi connectivity index (χ3v) is 4.24. The van der Waals surface area contributed by atoms with E-state index < -0.39 is 24.6 Å². The van der Waals surface area contributed by atoms with Crippen LogP contribution in [0.1, 0.15) is 29.2 Å². The standard InChI is InChI=1S/C16H17F5N4O/c17-15(18)4-7-24(8-5-15)9-11-12-3-1-2-6-25(12)13(23-11)14(26)22-10-16(19,20)21/h1-3,6H,4-5,7-10H2,(H,22,26). The lowest BCUT2D eigenvalue weighted by Gasteiger charge is -2.31. The van der Waals surface area contributed by atoms with Crippen LogP contribution in [0.25, 0.3) is 5.52 Å². The number of pyridine rings is 1. The molecule has 0 spiro atoms. The van der Waals surface area contributed by atoms with E-state index in [2.05, 4.69) is 4.98 Å². The zero-order valence-corrected chi connectivity index (χ0v) is 13.7. The molecule has 26 heavy (non-hydrogen) atoms. The van der Waals surface area contributed by atoms with Gasteiger partial charge in [0.15, 0.2) is 0 Å². The lowest BCUT2D eigenvalue weighted by Crippen LogP contribution is -2.39. The largest absolute Gasteiger partial charge is 0.405 e. The first kappa shape index (κ1) is 18.6. The Hall–Kier alpha value is -2.23. The molecule has 10 heteroatoms. The summed E-state index contributed by atoms with van der Waals surface area (Å²) in [4.78, 5) is 18.1. The first-order valence-corrected chi connectivity index (χ1v) is 8.06. The number of halogens is 5. The number of piperidine rings is 1. The van der Waals surface area contributed by atoms with Gasteiger partial charge in [-0.05, 0) is 12.1 Å². The molecular formula is C16H17F5N4O. The van der Waals surface area contributed by atoms with E-state index >= 15 is 0 Å². The second-order valence-electron chi connectivity index (χ2n) is 6.27. The van der Waals surface area contributed by atoms with Crippen LogP contribution in [0.5, 0.6) is 0 Å². The predicted molar refractivity (Wildman–Crippen MR) is 83.0 cm³/mol. The molecule has 0 aliphatic carbocycles. The summed E-state index contributed by atoms with van der Waals surface area (Å²) in [5, 5.41) is 1.80. The van der Waals surface area contributed by atoms with E-state index in [0.29, 0.717) is 11.2 Å². The van der Waals surface area contributed by atoms with Crippen molar-refractivity contribution in [1.29, 1.82) is 0 Å². The fourth-order valence-corrected chi connectivity index (χ4v) is 2.89. The van der Waals surface area contributed by atoms with Gasteiger partial charge in [-0.25, -0.2) is 13.8 Å². The molecule has 0 bridgehead atoms. The monoisotopic (exact) mass is 376 g/mol. The van der Waals surface area contributed by atoms with Crippen molar-refractivity contribution in [2.75, 3.05) is 19.6 Å². The Bertz CT molecular complexity index is 792. The molecule has 0 unspecified atom stereocenters. The van der Waals surface area contributed by atoms with E-state index in [1.54, 1.807) is 28.4 Å². The highest BCUT2D eigenvalue weighted by Crippen LogP contribution is 2.28. The molecule has 3 heterocycles. The van der Waals surface area contributed by atoms with Gasteiger partial charge >= 0.3 is 6.18 Å². The van der Waals surface area contributed by atoms with E-state index in [0.717, 1.165) is 0 Å². The number of nitrogens with one attached hydrogen (secondary N) is 1. The molecule has 0 aromatic carbocycles. The molecule has 0 atom stereocenters. The van der Waals surface area contributed by atoms with Crippen LogP contribution in [0.4, 0.5) is 22.0 Å². The quantitative estimate of drug-likeness (QED) is 0.835. The van der Waals surface area contributed by atoms with Crippen molar-refractivity contribution in [2.24, 2.45) is 0 Å². The average molecular weight is 376 g/mol. The van der Waals surface area contributed by atoms with Crippen molar-refractivity contribution in [1.82, 2.24) is 19.6 Å². The van der Waals surface area contributed by atoms with Gasteiger partial charge in [0.2, 0.25) is 5.82 Å². The number of nitrogens with zero attached hydrogens (tertiary/aromatic N) is 3. The Balaban J connectivity index is 1.80. The highest BCUT2D eigenvalue weighted by atomic mass is 19.4. The molecule has 0 radical (unpaired) electrons. The molecule has 2 aromatic heterocycles. The number of hydrogen-bond donors (Lipinski definition) is 1. The first-order valence-electron chi connectivity index (χ1n) is 8.06. The average Bonchev–Trinajstić information content (AvgIpc) is 2.93. The zero-order chi connectivity index (χ0) is 18.9. The van der Waals surface area contributed by atoms with Crippen molar-refractivity contribution in [3.63, 3.8) is 0 Å². The number of alkyl halides is 5. The van der Waals surface area contributed by atoms with Crippen molar-refractivity contribution in [3.05, 3.63) is 35.9 Å². The fourth-order valence-electron chi connectivity index (χ4n) is 2.89. The molecular weight excluding hydrogens is 359 g/mol. The molecule has 0 saturated carbocycles. The van der Waals surface area contributed by atoms with Gasteiger partial charge in [0.1, 0.15) is 6.54 Å². The van der Waals surface area contributed by atoms with Crippen LogP contribution >= 0.6 is 0 Å². The summed E-state index contributed by atoms with van der Waals surface area (Å²) in [6.07, 6.45) is -3.50. The number of carbonyl (C=O) groups is 1. The Morgan fingerprint density at radius 2 is 1.92 bits per heavy atom. The van der Waals surface area contributed by atoms with Crippen LogP contribution in [0.15, 0.2) is 24.4 Å². The van der Waals surface area contributed by atoms with Crippen molar-refractivity contribution in [3.8, 4) is 0 Å². The van der Waals surface area contributed by atoms with Crippen LogP contribution in [-0.2, 0) is 6.54 Å². The molecule has 3 rings (SSSR count). The lowest BCUT2D eigenvalue weighted by atomic mass is 10.1. The molecule has 1 fully saturated rings. The summed E-state index contributed by atoms with van der Waals surface area (Å²) in [5.74, 6) is -3.78. The van der Waals surface area contributed by atoms with Crippen molar-refractivity contribution >= 4 is 11.4 Å². The summed E-state index contributed by atoms with van der Waals surface area (Å²) in [5.41, 5.74) is 1.02. The second-order valence-corrected chi connectivity index (χ2v) is 6.27. The van der Waals surface area contributed by atoms with Gasteiger partial charge in [0.25, 0.3) is 11.8 Å². The molecule has 1 saturated heterocycles. The zero-order valence-electron chi connectivity index (χ0n) is 13.7. The number of imidazole rings is 1. The van der Waals surface area contributed by atoms with Gasteiger partial charge in [-0.2, -0.15) is 13.2 Å². The Morgan fingerprint density at radius 3 is 2.58 bits per heavy atom. The molecule has 1 aliphatic rings. The van der Waals surface area contributed by atoms with E-state index in [1.807, 2.05) is 0 Å². The van der Waals surface area contributed by atoms with Crippen LogP contribution in [0, 0.1) is 0 Å². The Labute approximate surface area is 145 Å². The molecule has 1 amide bonds. The molecule has 1 aliphatic heterocycles. The summed E-state index contributed by atoms with van der Waals surface area (Å²) in [7, 11) is 0. The number of amides is 1. The lowest BCUT2D eigenvalue weighted by molar-refractivity contribution is -0.123. The number of hydrogen-bond acceptors (Lipinski definition) is 3. The normalized spacial score (nSPS) is 18.2. The van der Waals surface area contributed by atoms with Crippen LogP contribution in [0.3, 0.4) is 0 Å². The SMILES string of the molecule is O=C(NCC(F)(F)F)c1nc(CN2CCC(F)(F)CC2)c2ccccn12.